The molecule has 2 atom stereocenters. The zero-order chi connectivity index (χ0) is 14.2. The summed E-state index contributed by atoms with van der Waals surface area (Å²) in [6, 6.07) is 15.5. The molecule has 1 saturated carbocycles. The molecule has 0 N–H and O–H groups in total. The highest BCUT2D eigenvalue weighted by Gasteiger charge is 2.37. The van der Waals surface area contributed by atoms with Gasteiger partial charge in [0.1, 0.15) is 0 Å². The topological polar surface area (TPSA) is 0 Å². The Morgan fingerprint density at radius 2 is 1.80 bits per heavy atom. The van der Waals surface area contributed by atoms with Gasteiger partial charge in [0.15, 0.2) is 0 Å². The van der Waals surface area contributed by atoms with Crippen LogP contribution in [-0.4, -0.2) is 0 Å². The molecule has 1 heteroatoms. The number of benzene rings is 2. The van der Waals surface area contributed by atoms with Gasteiger partial charge in [0.05, 0.1) is 0 Å². The second kappa shape index (κ2) is 5.52. The Kier molecular flexibility index (Phi) is 3.90. The molecule has 0 spiro atoms. The van der Waals surface area contributed by atoms with Crippen LogP contribution in [0.2, 0.25) is 0 Å². The molecule has 20 heavy (non-hydrogen) atoms. The number of hydrogen-bond acceptors (Lipinski definition) is 0. The summed E-state index contributed by atoms with van der Waals surface area (Å²) < 4.78 is 0. The van der Waals surface area contributed by atoms with E-state index in [0.29, 0.717) is 10.2 Å². The fourth-order valence-electron chi connectivity index (χ4n) is 3.77. The first-order chi connectivity index (χ1) is 9.59. The van der Waals surface area contributed by atoms with Gasteiger partial charge in [0.25, 0.3) is 0 Å². The summed E-state index contributed by atoms with van der Waals surface area (Å²) in [6.45, 7) is 4.88. The van der Waals surface area contributed by atoms with Gasteiger partial charge in [0, 0.05) is 4.83 Å². The van der Waals surface area contributed by atoms with E-state index in [1.807, 2.05) is 0 Å². The van der Waals surface area contributed by atoms with Gasteiger partial charge in [-0.1, -0.05) is 85.1 Å². The van der Waals surface area contributed by atoms with Crippen molar-refractivity contribution >= 4 is 26.7 Å². The molecule has 0 heterocycles. The van der Waals surface area contributed by atoms with E-state index in [4.69, 9.17) is 0 Å². The molecule has 0 aliphatic heterocycles. The monoisotopic (exact) mass is 330 g/mol. The molecule has 0 amide bonds. The normalized spacial score (nSPS) is 23.6. The van der Waals surface area contributed by atoms with Crippen LogP contribution in [-0.2, 0) is 0 Å². The quantitative estimate of drug-likeness (QED) is 0.552. The molecule has 0 radical (unpaired) electrons. The molecule has 1 fully saturated rings. The Morgan fingerprint density at radius 3 is 2.60 bits per heavy atom. The molecule has 3 rings (SSSR count). The number of fused-ring (bicyclic) bond motifs is 1. The van der Waals surface area contributed by atoms with Gasteiger partial charge < -0.3 is 0 Å². The fraction of sp³-hybridized carbons (Fsp3) is 0.474. The summed E-state index contributed by atoms with van der Waals surface area (Å²) in [6.07, 6.45) is 5.45. The average molecular weight is 331 g/mol. The lowest BCUT2D eigenvalue weighted by atomic mass is 9.66. The van der Waals surface area contributed by atoms with E-state index in [9.17, 15) is 0 Å². The Hall–Kier alpha value is -0.820. The maximum atomic E-state index is 4.04. The van der Waals surface area contributed by atoms with Crippen LogP contribution in [0.25, 0.3) is 10.8 Å². The van der Waals surface area contributed by atoms with Crippen molar-refractivity contribution in [2.45, 2.75) is 44.4 Å². The first kappa shape index (κ1) is 14.1. The van der Waals surface area contributed by atoms with Gasteiger partial charge in [-0.2, -0.15) is 0 Å². The summed E-state index contributed by atoms with van der Waals surface area (Å²) in [5.74, 6) is 0.724. The van der Waals surface area contributed by atoms with Crippen molar-refractivity contribution in [1.82, 2.24) is 0 Å². The zero-order valence-corrected chi connectivity index (χ0v) is 14.0. The molecule has 2 unspecified atom stereocenters. The molecule has 1 aliphatic rings. The van der Waals surface area contributed by atoms with Crippen LogP contribution < -0.4 is 0 Å². The number of halogens is 1. The van der Waals surface area contributed by atoms with E-state index in [1.165, 1.54) is 42.0 Å². The van der Waals surface area contributed by atoms with Crippen molar-refractivity contribution in [3.8, 4) is 0 Å². The highest BCUT2D eigenvalue weighted by Crippen LogP contribution is 2.51. The van der Waals surface area contributed by atoms with Gasteiger partial charge in [-0.15, -0.1) is 0 Å². The summed E-state index contributed by atoms with van der Waals surface area (Å²) in [5, 5.41) is 2.75. The lowest BCUT2D eigenvalue weighted by Gasteiger charge is -2.41. The maximum Gasteiger partial charge on any atom is 0.0434 e. The Morgan fingerprint density at radius 1 is 1.05 bits per heavy atom. The van der Waals surface area contributed by atoms with Crippen LogP contribution in [0.4, 0.5) is 0 Å². The highest BCUT2D eigenvalue weighted by molar-refractivity contribution is 9.09. The molecule has 0 saturated heterocycles. The summed E-state index contributed by atoms with van der Waals surface area (Å²) >= 11 is 4.04. The molecule has 0 aromatic heterocycles. The van der Waals surface area contributed by atoms with Gasteiger partial charge in [-0.25, -0.2) is 0 Å². The second-order valence-electron chi connectivity index (χ2n) is 6.81. The van der Waals surface area contributed by atoms with E-state index in [2.05, 4.69) is 72.2 Å². The Labute approximate surface area is 130 Å². The van der Waals surface area contributed by atoms with Gasteiger partial charge in [-0.3, -0.25) is 0 Å². The van der Waals surface area contributed by atoms with E-state index >= 15 is 0 Å². The minimum absolute atomic E-state index is 0.434. The van der Waals surface area contributed by atoms with Gasteiger partial charge >= 0.3 is 0 Å². The number of rotatable bonds is 2. The first-order valence-electron chi connectivity index (χ1n) is 7.71. The Balaban J connectivity index is 2.02. The third-order valence-corrected chi connectivity index (χ3v) is 6.20. The van der Waals surface area contributed by atoms with Crippen molar-refractivity contribution in [3.05, 3.63) is 48.0 Å². The molecule has 2 aromatic rings. The zero-order valence-electron chi connectivity index (χ0n) is 12.4. The van der Waals surface area contributed by atoms with Crippen LogP contribution in [0.1, 0.15) is 49.9 Å². The fourth-order valence-corrected chi connectivity index (χ4v) is 5.15. The molecular weight excluding hydrogens is 308 g/mol. The maximum absolute atomic E-state index is 4.04. The van der Waals surface area contributed by atoms with Gasteiger partial charge in [0.2, 0.25) is 0 Å². The first-order valence-corrected chi connectivity index (χ1v) is 8.63. The average Bonchev–Trinajstić information content (AvgIpc) is 2.45. The van der Waals surface area contributed by atoms with Crippen LogP contribution in [0.3, 0.4) is 0 Å². The van der Waals surface area contributed by atoms with E-state index in [0.717, 1.165) is 5.92 Å². The summed E-state index contributed by atoms with van der Waals surface area (Å²) in [5.41, 5.74) is 1.90. The predicted octanol–water partition coefficient (Wildman–Crippen LogP) is 6.49. The van der Waals surface area contributed by atoms with Crippen molar-refractivity contribution in [3.63, 3.8) is 0 Å². The van der Waals surface area contributed by atoms with E-state index < -0.39 is 0 Å². The van der Waals surface area contributed by atoms with Crippen LogP contribution >= 0.6 is 15.9 Å². The van der Waals surface area contributed by atoms with E-state index in [1.54, 1.807) is 0 Å². The molecule has 106 valence electrons. The highest BCUT2D eigenvalue weighted by atomic mass is 79.9. The SMILES string of the molecule is CC1(C)CCCCC1C(Br)c1cccc2ccccc12. The number of alkyl halides is 1. The summed E-state index contributed by atoms with van der Waals surface area (Å²) in [4.78, 5) is 0.462. The molecule has 0 bridgehead atoms. The van der Waals surface area contributed by atoms with Crippen LogP contribution in [0.15, 0.2) is 42.5 Å². The molecular formula is C19H23Br. The predicted molar refractivity (Wildman–Crippen MR) is 91.4 cm³/mol. The smallest absolute Gasteiger partial charge is 0.0434 e. The summed E-state index contributed by atoms with van der Waals surface area (Å²) in [7, 11) is 0. The van der Waals surface area contributed by atoms with Gasteiger partial charge in [-0.05, 0) is 40.5 Å². The lowest BCUT2D eigenvalue weighted by Crippen LogP contribution is -2.30. The lowest BCUT2D eigenvalue weighted by molar-refractivity contribution is 0.137. The number of hydrogen-bond donors (Lipinski definition) is 0. The third-order valence-electron chi connectivity index (χ3n) is 5.06. The largest absolute Gasteiger partial charge is 0.0835 e. The van der Waals surface area contributed by atoms with Crippen LogP contribution in [0, 0.1) is 11.3 Å². The van der Waals surface area contributed by atoms with Crippen molar-refractivity contribution in [1.29, 1.82) is 0 Å². The van der Waals surface area contributed by atoms with Crippen LogP contribution in [0.5, 0.6) is 0 Å². The third kappa shape index (κ3) is 2.53. The minimum atomic E-state index is 0.434. The molecule has 1 aliphatic carbocycles. The minimum Gasteiger partial charge on any atom is -0.0835 e. The van der Waals surface area contributed by atoms with Crippen molar-refractivity contribution in [2.75, 3.05) is 0 Å². The second-order valence-corrected chi connectivity index (χ2v) is 7.80. The van der Waals surface area contributed by atoms with Crippen molar-refractivity contribution < 1.29 is 0 Å². The molecule has 2 aromatic carbocycles. The molecule has 0 nitrogen and oxygen atoms in total. The standard InChI is InChI=1S/C19H23Br/c1-19(2)13-6-5-12-17(19)18(20)16-11-7-9-14-8-3-4-10-15(14)16/h3-4,7-11,17-18H,5-6,12-13H2,1-2H3. The van der Waals surface area contributed by atoms with Crippen molar-refractivity contribution in [2.24, 2.45) is 11.3 Å². The van der Waals surface area contributed by atoms with E-state index in [-0.39, 0.29) is 0 Å². The Bertz CT molecular complexity index is 594.